The maximum absolute atomic E-state index is 12.6. The van der Waals surface area contributed by atoms with E-state index >= 15 is 0 Å². The van der Waals surface area contributed by atoms with Gasteiger partial charge in [0.25, 0.3) is 5.91 Å². The molecule has 1 saturated heterocycles. The Labute approximate surface area is 147 Å². The fourth-order valence-corrected chi connectivity index (χ4v) is 2.97. The zero-order valence-corrected chi connectivity index (χ0v) is 14.7. The third-order valence-corrected chi connectivity index (χ3v) is 4.12. The molecule has 1 aromatic carbocycles. The molecule has 2 aromatic rings. The Morgan fingerprint density at radius 1 is 1.33 bits per heavy atom. The highest BCUT2D eigenvalue weighted by atomic mass is 35.5. The van der Waals surface area contributed by atoms with Gasteiger partial charge in [-0.25, -0.2) is 0 Å². The average molecular weight is 355 g/mol. The summed E-state index contributed by atoms with van der Waals surface area (Å²) in [6, 6.07) is 7.36. The molecule has 1 unspecified atom stereocenters. The van der Waals surface area contributed by atoms with E-state index in [1.54, 1.807) is 25.0 Å². The molecular weight excluding hydrogens is 332 g/mol. The van der Waals surface area contributed by atoms with Crippen LogP contribution in [-0.4, -0.2) is 66.8 Å². The molecule has 1 aliphatic rings. The van der Waals surface area contributed by atoms with Gasteiger partial charge >= 0.3 is 0 Å². The number of nitrogens with zero attached hydrogens (tertiary/aromatic N) is 2. The SMILES string of the molecule is COc1cccc2cc(C(=O)N3CCN(CC(C)O)CC3)oc12.Cl. The van der Waals surface area contributed by atoms with Crippen LogP contribution in [0.5, 0.6) is 5.75 Å². The molecular formula is C17H23ClN2O4. The summed E-state index contributed by atoms with van der Waals surface area (Å²) in [5.41, 5.74) is 0.603. The fourth-order valence-electron chi connectivity index (χ4n) is 2.97. The largest absolute Gasteiger partial charge is 0.493 e. The Bertz CT molecular complexity index is 693. The minimum atomic E-state index is -0.347. The van der Waals surface area contributed by atoms with E-state index in [1.165, 1.54) is 0 Å². The van der Waals surface area contributed by atoms with E-state index in [1.807, 2.05) is 18.2 Å². The molecule has 1 amide bonds. The van der Waals surface area contributed by atoms with Crippen molar-refractivity contribution in [2.45, 2.75) is 13.0 Å². The smallest absolute Gasteiger partial charge is 0.289 e. The molecule has 0 spiro atoms. The lowest BCUT2D eigenvalue weighted by atomic mass is 10.2. The van der Waals surface area contributed by atoms with E-state index in [0.29, 0.717) is 36.7 Å². The Morgan fingerprint density at radius 3 is 2.67 bits per heavy atom. The number of piperazine rings is 1. The highest BCUT2D eigenvalue weighted by Crippen LogP contribution is 2.29. The molecule has 0 saturated carbocycles. The molecule has 1 fully saturated rings. The highest BCUT2D eigenvalue weighted by Gasteiger charge is 2.25. The number of ether oxygens (including phenoxy) is 1. The number of carbonyl (C=O) groups is 1. The zero-order chi connectivity index (χ0) is 16.4. The number of rotatable bonds is 4. The number of hydrogen-bond donors (Lipinski definition) is 1. The Kier molecular flexibility index (Phi) is 6.10. The van der Waals surface area contributed by atoms with E-state index in [0.717, 1.165) is 18.5 Å². The number of hydrogen-bond acceptors (Lipinski definition) is 5. The number of fused-ring (bicyclic) bond motifs is 1. The summed E-state index contributed by atoms with van der Waals surface area (Å²) in [5, 5.41) is 10.3. The number of halogens is 1. The van der Waals surface area contributed by atoms with Gasteiger partial charge in [0.2, 0.25) is 0 Å². The molecule has 1 atom stereocenters. The fraction of sp³-hybridized carbons (Fsp3) is 0.471. The first kappa shape index (κ1) is 18.6. The second-order valence-electron chi connectivity index (χ2n) is 5.93. The predicted octanol–water partition coefficient (Wildman–Crippen LogP) is 2.00. The van der Waals surface area contributed by atoms with Crippen LogP contribution in [-0.2, 0) is 0 Å². The molecule has 1 aliphatic heterocycles. The van der Waals surface area contributed by atoms with Gasteiger partial charge in [0.1, 0.15) is 0 Å². The lowest BCUT2D eigenvalue weighted by Gasteiger charge is -2.34. The van der Waals surface area contributed by atoms with Crippen molar-refractivity contribution in [3.05, 3.63) is 30.0 Å². The van der Waals surface area contributed by atoms with E-state index in [-0.39, 0.29) is 24.4 Å². The summed E-state index contributed by atoms with van der Waals surface area (Å²) in [6.07, 6.45) is -0.347. The molecule has 0 bridgehead atoms. The van der Waals surface area contributed by atoms with Crippen molar-refractivity contribution in [2.75, 3.05) is 39.8 Å². The minimum absolute atomic E-state index is 0. The number of methoxy groups -OCH3 is 1. The van der Waals surface area contributed by atoms with E-state index < -0.39 is 0 Å². The summed E-state index contributed by atoms with van der Waals surface area (Å²) in [4.78, 5) is 16.6. The van der Waals surface area contributed by atoms with Gasteiger partial charge in [-0.05, 0) is 19.1 Å². The van der Waals surface area contributed by atoms with Crippen molar-refractivity contribution < 1.29 is 19.1 Å². The van der Waals surface area contributed by atoms with Crippen molar-refractivity contribution in [3.8, 4) is 5.75 Å². The van der Waals surface area contributed by atoms with E-state index in [2.05, 4.69) is 4.90 Å². The number of aliphatic hydroxyl groups is 1. The molecule has 2 heterocycles. The first-order chi connectivity index (χ1) is 11.1. The summed E-state index contributed by atoms with van der Waals surface area (Å²) in [7, 11) is 1.58. The van der Waals surface area contributed by atoms with Gasteiger partial charge in [0, 0.05) is 38.1 Å². The second kappa shape index (κ2) is 7.88. The number of benzene rings is 1. The van der Waals surface area contributed by atoms with Crippen molar-refractivity contribution in [1.29, 1.82) is 0 Å². The van der Waals surface area contributed by atoms with Crippen molar-refractivity contribution in [3.63, 3.8) is 0 Å². The molecule has 132 valence electrons. The lowest BCUT2D eigenvalue weighted by Crippen LogP contribution is -2.50. The minimum Gasteiger partial charge on any atom is -0.493 e. The maximum Gasteiger partial charge on any atom is 0.289 e. The standard InChI is InChI=1S/C17H22N2O4.ClH/c1-12(20)11-18-6-8-19(9-7-18)17(21)15-10-13-4-3-5-14(22-2)16(13)23-15;/h3-5,10,12,20H,6-9,11H2,1-2H3;1H. The molecule has 1 N–H and O–H groups in total. The van der Waals surface area contributed by atoms with Crippen LogP contribution in [0.1, 0.15) is 17.5 Å². The third kappa shape index (κ3) is 3.83. The molecule has 7 heteroatoms. The first-order valence-corrected chi connectivity index (χ1v) is 7.84. The summed E-state index contributed by atoms with van der Waals surface area (Å²) >= 11 is 0. The summed E-state index contributed by atoms with van der Waals surface area (Å²) in [5.74, 6) is 0.872. The first-order valence-electron chi connectivity index (χ1n) is 7.84. The normalized spacial score (nSPS) is 16.7. The Balaban J connectivity index is 0.00000208. The number of amides is 1. The van der Waals surface area contributed by atoms with Gasteiger partial charge < -0.3 is 19.2 Å². The Morgan fingerprint density at radius 2 is 2.04 bits per heavy atom. The number of carbonyl (C=O) groups excluding carboxylic acids is 1. The number of para-hydroxylation sites is 1. The number of aliphatic hydroxyl groups excluding tert-OH is 1. The van der Waals surface area contributed by atoms with Gasteiger partial charge in [-0.1, -0.05) is 12.1 Å². The van der Waals surface area contributed by atoms with Crippen LogP contribution in [0.4, 0.5) is 0 Å². The van der Waals surface area contributed by atoms with E-state index in [9.17, 15) is 9.90 Å². The monoisotopic (exact) mass is 354 g/mol. The number of β-amino-alcohol motifs (C(OH)–C–C–N with tert-alkyl or cyclic N) is 1. The molecule has 0 radical (unpaired) electrons. The third-order valence-electron chi connectivity index (χ3n) is 4.12. The van der Waals surface area contributed by atoms with Crippen LogP contribution in [0.25, 0.3) is 11.0 Å². The molecule has 3 rings (SSSR count). The van der Waals surface area contributed by atoms with Crippen molar-refractivity contribution in [2.24, 2.45) is 0 Å². The molecule has 1 aromatic heterocycles. The summed E-state index contributed by atoms with van der Waals surface area (Å²) in [6.45, 7) is 5.23. The maximum atomic E-state index is 12.6. The van der Waals surface area contributed by atoms with Crippen LogP contribution in [0.2, 0.25) is 0 Å². The van der Waals surface area contributed by atoms with E-state index in [4.69, 9.17) is 9.15 Å². The van der Waals surface area contributed by atoms with Gasteiger partial charge in [-0.15, -0.1) is 12.4 Å². The quantitative estimate of drug-likeness (QED) is 0.909. The van der Waals surface area contributed by atoms with Crippen LogP contribution < -0.4 is 4.74 Å². The topological polar surface area (TPSA) is 66.2 Å². The van der Waals surface area contributed by atoms with Gasteiger partial charge in [-0.3, -0.25) is 9.69 Å². The molecule has 6 nitrogen and oxygen atoms in total. The van der Waals surface area contributed by atoms with Crippen LogP contribution in [0.3, 0.4) is 0 Å². The predicted molar refractivity (Wildman–Crippen MR) is 94.0 cm³/mol. The Hall–Kier alpha value is -1.76. The molecule has 0 aliphatic carbocycles. The van der Waals surface area contributed by atoms with Crippen LogP contribution in [0, 0.1) is 0 Å². The number of furan rings is 1. The second-order valence-corrected chi connectivity index (χ2v) is 5.93. The van der Waals surface area contributed by atoms with Gasteiger partial charge in [-0.2, -0.15) is 0 Å². The summed E-state index contributed by atoms with van der Waals surface area (Å²) < 4.78 is 11.0. The van der Waals surface area contributed by atoms with Crippen LogP contribution in [0.15, 0.2) is 28.7 Å². The van der Waals surface area contributed by atoms with Crippen molar-refractivity contribution in [1.82, 2.24) is 9.80 Å². The molecule has 24 heavy (non-hydrogen) atoms. The lowest BCUT2D eigenvalue weighted by molar-refractivity contribution is 0.0530. The van der Waals surface area contributed by atoms with Crippen LogP contribution >= 0.6 is 12.4 Å². The highest BCUT2D eigenvalue weighted by molar-refractivity contribution is 5.97. The zero-order valence-electron chi connectivity index (χ0n) is 13.9. The average Bonchev–Trinajstić information content (AvgIpc) is 2.98. The van der Waals surface area contributed by atoms with Gasteiger partial charge in [0.05, 0.1) is 13.2 Å². The van der Waals surface area contributed by atoms with Crippen molar-refractivity contribution >= 4 is 29.3 Å². The van der Waals surface area contributed by atoms with Gasteiger partial charge in [0.15, 0.2) is 17.1 Å².